The van der Waals surface area contributed by atoms with E-state index >= 15 is 0 Å². The van der Waals surface area contributed by atoms with E-state index in [1.54, 1.807) is 0 Å². The molecule has 3 heteroatoms. The van der Waals surface area contributed by atoms with Crippen molar-refractivity contribution in [1.29, 1.82) is 0 Å². The number of pyridine rings is 1. The van der Waals surface area contributed by atoms with Gasteiger partial charge in [-0.2, -0.15) is 0 Å². The minimum Gasteiger partial charge on any atom is -0.247 e. The Balaban J connectivity index is 1.65. The molecule has 0 atom stereocenters. The molecule has 1 aromatic heterocycles. The van der Waals surface area contributed by atoms with Gasteiger partial charge in [-0.25, -0.2) is 4.98 Å². The first-order valence-electron chi connectivity index (χ1n) is 12.3. The maximum atomic E-state index is 5.43. The van der Waals surface area contributed by atoms with Gasteiger partial charge in [-0.3, -0.25) is 0 Å². The normalized spacial score (nSPS) is 11.3. The number of rotatable bonds is 6. The van der Waals surface area contributed by atoms with E-state index in [1.807, 2.05) is 0 Å². The van der Waals surface area contributed by atoms with Crippen LogP contribution in [0.3, 0.4) is 0 Å². The molecule has 0 spiro atoms. The lowest BCUT2D eigenvalue weighted by Crippen LogP contribution is -2.30. The van der Waals surface area contributed by atoms with Crippen LogP contribution in [0.5, 0.6) is 0 Å². The molecule has 1 nitrogen and oxygen atoms in total. The van der Waals surface area contributed by atoms with E-state index in [-0.39, 0.29) is 0 Å². The van der Waals surface area contributed by atoms with Crippen molar-refractivity contribution in [3.63, 3.8) is 0 Å². The van der Waals surface area contributed by atoms with Crippen molar-refractivity contribution < 1.29 is 0 Å². The molecular weight excluding hydrogens is 472 g/mol. The SMILES string of the molecule is Cc1ccc(P(c2ccc(C)cc2)c2cccc(P(c3ccc(C)cc3)c3ccc(C)cc3)n2)cc1. The number of hydrogen-bond donors (Lipinski definition) is 0. The molecule has 5 aromatic rings. The molecule has 0 aliphatic carbocycles. The Labute approximate surface area is 217 Å². The molecule has 0 saturated heterocycles. The van der Waals surface area contributed by atoms with Crippen molar-refractivity contribution in [3.05, 3.63) is 138 Å². The summed E-state index contributed by atoms with van der Waals surface area (Å²) in [6.07, 6.45) is 0. The molecule has 4 aromatic carbocycles. The van der Waals surface area contributed by atoms with Gasteiger partial charge >= 0.3 is 0 Å². The zero-order chi connectivity index (χ0) is 25.1. The summed E-state index contributed by atoms with van der Waals surface area (Å²) < 4.78 is 0. The topological polar surface area (TPSA) is 12.9 Å². The quantitative estimate of drug-likeness (QED) is 0.266. The number of aromatic nitrogens is 1. The first-order valence-corrected chi connectivity index (χ1v) is 15.0. The van der Waals surface area contributed by atoms with Crippen molar-refractivity contribution in [2.75, 3.05) is 0 Å². The highest BCUT2D eigenvalue weighted by Gasteiger charge is 2.22. The number of benzene rings is 4. The summed E-state index contributed by atoms with van der Waals surface area (Å²) in [7, 11) is -1.52. The van der Waals surface area contributed by atoms with Crippen molar-refractivity contribution in [3.8, 4) is 0 Å². The molecule has 0 unspecified atom stereocenters. The van der Waals surface area contributed by atoms with Gasteiger partial charge in [0, 0.05) is 15.8 Å². The predicted octanol–water partition coefficient (Wildman–Crippen LogP) is 5.83. The first kappa shape index (κ1) is 24.6. The van der Waals surface area contributed by atoms with Gasteiger partial charge in [-0.15, -0.1) is 0 Å². The molecule has 0 aliphatic rings. The van der Waals surface area contributed by atoms with Crippen LogP contribution < -0.4 is 32.1 Å². The van der Waals surface area contributed by atoms with Gasteiger partial charge in [0.1, 0.15) is 0 Å². The summed E-state index contributed by atoms with van der Waals surface area (Å²) in [5.74, 6) is 0. The molecule has 0 saturated carbocycles. The van der Waals surface area contributed by atoms with Crippen LogP contribution in [0, 0.1) is 27.7 Å². The predicted molar refractivity (Wildman–Crippen MR) is 161 cm³/mol. The lowest BCUT2D eigenvalue weighted by molar-refractivity contribution is 1.45. The Morgan fingerprint density at radius 3 is 0.861 bits per heavy atom. The molecule has 0 radical (unpaired) electrons. The average molecular weight is 504 g/mol. The van der Waals surface area contributed by atoms with Crippen molar-refractivity contribution in [2.24, 2.45) is 0 Å². The second kappa shape index (κ2) is 10.9. The maximum absolute atomic E-state index is 5.43. The van der Waals surface area contributed by atoms with Crippen LogP contribution in [-0.2, 0) is 0 Å². The molecule has 5 rings (SSSR count). The molecule has 0 aliphatic heterocycles. The monoisotopic (exact) mass is 503 g/mol. The minimum atomic E-state index is -0.761. The highest BCUT2D eigenvalue weighted by molar-refractivity contribution is 7.80. The van der Waals surface area contributed by atoms with Crippen LogP contribution in [0.25, 0.3) is 0 Å². The fraction of sp³-hybridized carbons (Fsp3) is 0.121. The number of aryl methyl sites for hydroxylation is 4. The van der Waals surface area contributed by atoms with Crippen molar-refractivity contribution in [1.82, 2.24) is 4.98 Å². The van der Waals surface area contributed by atoms with Gasteiger partial charge in [0.25, 0.3) is 0 Å². The van der Waals surface area contributed by atoms with Gasteiger partial charge in [0.2, 0.25) is 0 Å². The smallest absolute Gasteiger partial charge is 0.0728 e. The Morgan fingerprint density at radius 2 is 0.611 bits per heavy atom. The standard InChI is InChI=1S/C33H31NP2/c1-24-8-16-28(17-9-24)35(29-18-10-25(2)11-19-29)32-6-5-7-33(34-32)36(30-20-12-26(3)13-21-30)31-22-14-27(4)15-23-31/h5-23H,1-4H3. The highest BCUT2D eigenvalue weighted by atomic mass is 31.1. The van der Waals surface area contributed by atoms with Crippen molar-refractivity contribution >= 4 is 47.9 Å². The molecule has 0 N–H and O–H groups in total. The Bertz CT molecular complexity index is 1240. The molecule has 1 heterocycles. The third kappa shape index (κ3) is 5.49. The summed E-state index contributed by atoms with van der Waals surface area (Å²) in [5, 5.41) is 5.33. The third-order valence-corrected chi connectivity index (χ3v) is 11.0. The second-order valence-electron chi connectivity index (χ2n) is 9.37. The van der Waals surface area contributed by atoms with E-state index in [0.717, 1.165) is 10.9 Å². The van der Waals surface area contributed by atoms with Crippen LogP contribution in [0.2, 0.25) is 0 Å². The van der Waals surface area contributed by atoms with Gasteiger partial charge in [0.15, 0.2) is 0 Å². The molecule has 0 fully saturated rings. The molecule has 178 valence electrons. The van der Waals surface area contributed by atoms with Gasteiger partial charge in [-0.05, 0) is 61.0 Å². The highest BCUT2D eigenvalue weighted by Crippen LogP contribution is 2.35. The van der Waals surface area contributed by atoms with E-state index in [9.17, 15) is 0 Å². The lowest BCUT2D eigenvalue weighted by Gasteiger charge is -2.23. The van der Waals surface area contributed by atoms with Crippen LogP contribution in [-0.4, -0.2) is 4.98 Å². The molecule has 0 bridgehead atoms. The van der Waals surface area contributed by atoms with Crippen molar-refractivity contribution in [2.45, 2.75) is 27.7 Å². The van der Waals surface area contributed by atoms with Gasteiger partial charge < -0.3 is 0 Å². The number of nitrogens with zero attached hydrogens (tertiary/aromatic N) is 1. The van der Waals surface area contributed by atoms with E-state index in [4.69, 9.17) is 4.98 Å². The summed E-state index contributed by atoms with van der Waals surface area (Å²) in [4.78, 5) is 5.43. The van der Waals surface area contributed by atoms with E-state index < -0.39 is 15.8 Å². The van der Waals surface area contributed by atoms with E-state index in [2.05, 4.69) is 143 Å². The minimum absolute atomic E-state index is 0.761. The Morgan fingerprint density at radius 1 is 0.361 bits per heavy atom. The van der Waals surface area contributed by atoms with Crippen LogP contribution in [0.15, 0.2) is 115 Å². The van der Waals surface area contributed by atoms with E-state index in [1.165, 1.54) is 43.5 Å². The summed E-state index contributed by atoms with van der Waals surface area (Å²) in [5.41, 5.74) is 7.43. The Hall–Kier alpha value is -3.11. The fourth-order valence-electron chi connectivity index (χ4n) is 4.26. The number of hydrogen-bond acceptors (Lipinski definition) is 1. The lowest BCUT2D eigenvalue weighted by atomic mass is 10.2. The van der Waals surface area contributed by atoms with Crippen LogP contribution in [0.1, 0.15) is 22.3 Å². The fourth-order valence-corrected chi connectivity index (χ4v) is 8.67. The molecular formula is C33H31NP2. The maximum Gasteiger partial charge on any atom is 0.0728 e. The van der Waals surface area contributed by atoms with E-state index in [0.29, 0.717) is 0 Å². The Kier molecular flexibility index (Phi) is 7.43. The summed E-state index contributed by atoms with van der Waals surface area (Å²) in [6.45, 7) is 8.58. The zero-order valence-electron chi connectivity index (χ0n) is 21.3. The summed E-state index contributed by atoms with van der Waals surface area (Å²) >= 11 is 0. The second-order valence-corrected chi connectivity index (χ2v) is 13.7. The van der Waals surface area contributed by atoms with Crippen LogP contribution in [0.4, 0.5) is 0 Å². The average Bonchev–Trinajstić information content (AvgIpc) is 2.89. The molecule has 0 amide bonds. The third-order valence-electron chi connectivity index (χ3n) is 6.35. The largest absolute Gasteiger partial charge is 0.247 e. The zero-order valence-corrected chi connectivity index (χ0v) is 23.1. The van der Waals surface area contributed by atoms with Gasteiger partial charge in [-0.1, -0.05) is 125 Å². The first-order chi connectivity index (χ1) is 17.5. The summed E-state index contributed by atoms with van der Waals surface area (Å²) in [6, 6.07) is 42.6. The molecule has 36 heavy (non-hydrogen) atoms. The van der Waals surface area contributed by atoms with Crippen LogP contribution >= 0.6 is 15.8 Å². The van der Waals surface area contributed by atoms with Gasteiger partial charge in [0.05, 0.1) is 10.9 Å².